The number of ether oxygens (including phenoxy) is 1. The summed E-state index contributed by atoms with van der Waals surface area (Å²) in [5, 5.41) is 10.9. The van der Waals surface area contributed by atoms with Crippen LogP contribution in [0.25, 0.3) is 22.4 Å². The van der Waals surface area contributed by atoms with Crippen molar-refractivity contribution in [1.82, 2.24) is 9.97 Å². The summed E-state index contributed by atoms with van der Waals surface area (Å²) in [5.41, 5.74) is 3.32. The van der Waals surface area contributed by atoms with Gasteiger partial charge >= 0.3 is 0 Å². The number of rotatable bonds is 5. The largest absolute Gasteiger partial charge is 0.472 e. The lowest BCUT2D eigenvalue weighted by Gasteiger charge is -2.15. The average molecular weight is 485 g/mol. The van der Waals surface area contributed by atoms with E-state index in [1.165, 1.54) is 12.1 Å². The van der Waals surface area contributed by atoms with Gasteiger partial charge in [0.1, 0.15) is 29.2 Å². The van der Waals surface area contributed by atoms with E-state index in [0.717, 1.165) is 5.56 Å². The summed E-state index contributed by atoms with van der Waals surface area (Å²) in [7, 11) is 0. The molecule has 4 aromatic rings. The van der Waals surface area contributed by atoms with Crippen LogP contribution < -0.4 is 4.74 Å². The Morgan fingerprint density at radius 3 is 2.38 bits per heavy atom. The third-order valence-electron chi connectivity index (χ3n) is 4.61. The topological polar surface area (TPSA) is 58.8 Å². The molecule has 0 saturated heterocycles. The number of nitrogens with zero attached hydrogens (tertiary/aromatic N) is 3. The van der Waals surface area contributed by atoms with E-state index >= 15 is 0 Å². The first-order valence-corrected chi connectivity index (χ1v) is 10.5. The zero-order chi connectivity index (χ0) is 22.7. The average Bonchev–Trinajstić information content (AvgIpc) is 2.79. The molecule has 0 aliphatic carbocycles. The predicted molar refractivity (Wildman–Crippen MR) is 123 cm³/mol. The van der Waals surface area contributed by atoms with Gasteiger partial charge < -0.3 is 4.74 Å². The highest BCUT2D eigenvalue weighted by Crippen LogP contribution is 2.38. The fraction of sp³-hybridized carbons (Fsp3) is 0.0417. The molecule has 0 N–H and O–H groups in total. The first-order chi connectivity index (χ1) is 15.4. The van der Waals surface area contributed by atoms with Crippen LogP contribution in [-0.4, -0.2) is 9.97 Å². The molecule has 0 atom stereocenters. The Labute approximate surface area is 198 Å². The number of pyridine rings is 2. The number of hydrogen-bond acceptors (Lipinski definition) is 4. The van der Waals surface area contributed by atoms with Crippen LogP contribution >= 0.6 is 34.8 Å². The molecule has 2 heterocycles. The molecular formula is C24H13Cl3FN3O. The van der Waals surface area contributed by atoms with Gasteiger partial charge in [-0.05, 0) is 48.0 Å². The summed E-state index contributed by atoms with van der Waals surface area (Å²) in [6.07, 6.45) is 1.58. The van der Waals surface area contributed by atoms with Crippen LogP contribution in [0.1, 0.15) is 11.1 Å². The van der Waals surface area contributed by atoms with Gasteiger partial charge in [0.2, 0.25) is 5.88 Å². The molecule has 0 spiro atoms. The van der Waals surface area contributed by atoms with Crippen molar-refractivity contribution in [1.29, 1.82) is 5.26 Å². The van der Waals surface area contributed by atoms with Crippen LogP contribution in [0.4, 0.5) is 4.39 Å². The molecule has 4 nitrogen and oxygen atoms in total. The molecule has 0 fully saturated rings. The second-order valence-corrected chi connectivity index (χ2v) is 7.99. The number of nitriles is 1. The van der Waals surface area contributed by atoms with Gasteiger partial charge in [-0.3, -0.25) is 0 Å². The van der Waals surface area contributed by atoms with Gasteiger partial charge in [0, 0.05) is 27.9 Å². The molecule has 0 amide bonds. The van der Waals surface area contributed by atoms with E-state index in [1.807, 2.05) is 0 Å². The second kappa shape index (κ2) is 9.54. The van der Waals surface area contributed by atoms with Gasteiger partial charge in [-0.15, -0.1) is 0 Å². The standard InChI is InChI=1S/C24H13Cl3FN3O/c25-17-4-7-19(21(26)10-17)23-20(15-2-5-18(28)6-3-15)9-16(11-29)24(31-23)32-13-14-1-8-22(27)30-12-14/h1-10,12H,13H2. The monoisotopic (exact) mass is 483 g/mol. The molecule has 0 unspecified atom stereocenters. The zero-order valence-electron chi connectivity index (χ0n) is 16.3. The fourth-order valence-electron chi connectivity index (χ4n) is 3.07. The number of halogens is 4. The van der Waals surface area contributed by atoms with E-state index in [0.29, 0.717) is 37.6 Å². The number of hydrogen-bond donors (Lipinski definition) is 0. The minimum atomic E-state index is -0.371. The van der Waals surface area contributed by atoms with Crippen LogP contribution in [0.15, 0.2) is 66.9 Å². The van der Waals surface area contributed by atoms with E-state index < -0.39 is 0 Å². The fourth-order valence-corrected chi connectivity index (χ4v) is 3.68. The summed E-state index contributed by atoms with van der Waals surface area (Å²) in [6, 6.07) is 18.1. The van der Waals surface area contributed by atoms with E-state index in [4.69, 9.17) is 39.5 Å². The Morgan fingerprint density at radius 1 is 0.938 bits per heavy atom. The van der Waals surface area contributed by atoms with Gasteiger partial charge in [0.05, 0.1) is 10.7 Å². The zero-order valence-corrected chi connectivity index (χ0v) is 18.6. The molecule has 32 heavy (non-hydrogen) atoms. The van der Waals surface area contributed by atoms with Crippen molar-refractivity contribution in [3.05, 3.63) is 99.0 Å². The summed E-state index contributed by atoms with van der Waals surface area (Å²) in [4.78, 5) is 8.64. The maximum atomic E-state index is 13.5. The molecule has 158 valence electrons. The smallest absolute Gasteiger partial charge is 0.232 e. The Morgan fingerprint density at radius 2 is 1.72 bits per heavy atom. The molecule has 0 radical (unpaired) electrons. The van der Waals surface area contributed by atoms with Crippen molar-refractivity contribution in [3.63, 3.8) is 0 Å². The highest BCUT2D eigenvalue weighted by atomic mass is 35.5. The van der Waals surface area contributed by atoms with Crippen molar-refractivity contribution in [3.8, 4) is 34.3 Å². The predicted octanol–water partition coefficient (Wildman–Crippen LogP) is 7.36. The minimum Gasteiger partial charge on any atom is -0.472 e. The van der Waals surface area contributed by atoms with E-state index in [-0.39, 0.29) is 23.9 Å². The van der Waals surface area contributed by atoms with Crippen molar-refractivity contribution in [2.24, 2.45) is 0 Å². The summed E-state index contributed by atoms with van der Waals surface area (Å²) in [6.45, 7) is 0.134. The first kappa shape index (κ1) is 22.0. The van der Waals surface area contributed by atoms with Gasteiger partial charge in [-0.1, -0.05) is 53.0 Å². The lowest BCUT2D eigenvalue weighted by atomic mass is 9.97. The summed E-state index contributed by atoms with van der Waals surface area (Å²) in [5.74, 6) is -0.237. The molecule has 0 aliphatic heterocycles. The maximum absolute atomic E-state index is 13.5. The van der Waals surface area contributed by atoms with Crippen LogP contribution in [0, 0.1) is 17.1 Å². The molecule has 0 saturated carbocycles. The SMILES string of the molecule is N#Cc1cc(-c2ccc(F)cc2)c(-c2ccc(Cl)cc2Cl)nc1OCc1ccc(Cl)nc1. The lowest BCUT2D eigenvalue weighted by Crippen LogP contribution is -2.02. The van der Waals surface area contributed by atoms with Crippen molar-refractivity contribution in [2.75, 3.05) is 0 Å². The van der Waals surface area contributed by atoms with Crippen molar-refractivity contribution in [2.45, 2.75) is 6.61 Å². The molecule has 4 rings (SSSR count). The van der Waals surface area contributed by atoms with Gasteiger partial charge in [0.15, 0.2) is 0 Å². The van der Waals surface area contributed by atoms with Gasteiger partial charge in [-0.2, -0.15) is 5.26 Å². The lowest BCUT2D eigenvalue weighted by molar-refractivity contribution is 0.293. The molecule has 8 heteroatoms. The Balaban J connectivity index is 1.83. The molecule has 2 aromatic heterocycles. The quantitative estimate of drug-likeness (QED) is 0.278. The second-order valence-electron chi connectivity index (χ2n) is 6.76. The van der Waals surface area contributed by atoms with E-state index in [1.54, 1.807) is 54.7 Å². The van der Waals surface area contributed by atoms with E-state index in [2.05, 4.69) is 16.0 Å². The van der Waals surface area contributed by atoms with Crippen LogP contribution in [-0.2, 0) is 6.61 Å². The van der Waals surface area contributed by atoms with Gasteiger partial charge in [-0.25, -0.2) is 14.4 Å². The van der Waals surface area contributed by atoms with Crippen LogP contribution in [0.2, 0.25) is 15.2 Å². The molecule has 0 bridgehead atoms. The number of benzene rings is 2. The van der Waals surface area contributed by atoms with Crippen molar-refractivity contribution >= 4 is 34.8 Å². The maximum Gasteiger partial charge on any atom is 0.232 e. The Hall–Kier alpha value is -3.17. The summed E-state index contributed by atoms with van der Waals surface area (Å²) < 4.78 is 19.3. The highest BCUT2D eigenvalue weighted by molar-refractivity contribution is 6.36. The molecule has 2 aromatic carbocycles. The van der Waals surface area contributed by atoms with Crippen LogP contribution in [0.5, 0.6) is 5.88 Å². The van der Waals surface area contributed by atoms with E-state index in [9.17, 15) is 9.65 Å². The third-order valence-corrected chi connectivity index (χ3v) is 5.39. The minimum absolute atomic E-state index is 0.134. The Kier molecular flexibility index (Phi) is 6.57. The number of aromatic nitrogens is 2. The van der Waals surface area contributed by atoms with Crippen molar-refractivity contribution < 1.29 is 9.13 Å². The Bertz CT molecular complexity index is 1320. The normalized spacial score (nSPS) is 10.6. The molecular weight excluding hydrogens is 472 g/mol. The molecule has 0 aliphatic rings. The van der Waals surface area contributed by atoms with Gasteiger partial charge in [0.25, 0.3) is 0 Å². The summed E-state index contributed by atoms with van der Waals surface area (Å²) >= 11 is 18.3. The van der Waals surface area contributed by atoms with Crippen LogP contribution in [0.3, 0.4) is 0 Å². The highest BCUT2D eigenvalue weighted by Gasteiger charge is 2.18. The third kappa shape index (κ3) is 4.84. The first-order valence-electron chi connectivity index (χ1n) is 9.34.